The Morgan fingerprint density at radius 2 is 1.52 bits per heavy atom. The van der Waals surface area contributed by atoms with E-state index in [4.69, 9.17) is 0 Å². The predicted octanol–water partition coefficient (Wildman–Crippen LogP) is 3.95. The Morgan fingerprint density at radius 1 is 0.920 bits per heavy atom. The number of hydrogen-bond donors (Lipinski definition) is 2. The highest BCUT2D eigenvalue weighted by molar-refractivity contribution is 6.16. The number of carbonyl (C=O) groups excluding carboxylic acids is 1. The van der Waals surface area contributed by atoms with Gasteiger partial charge in [0.15, 0.2) is 0 Å². The minimum Gasteiger partial charge on any atom is -0.478 e. The van der Waals surface area contributed by atoms with E-state index < -0.39 is 5.97 Å². The molecule has 0 unspecified atom stereocenters. The summed E-state index contributed by atoms with van der Waals surface area (Å²) in [5.41, 5.74) is 3.02. The van der Waals surface area contributed by atoms with Gasteiger partial charge in [-0.2, -0.15) is 0 Å². The van der Waals surface area contributed by atoms with Crippen molar-refractivity contribution in [1.29, 1.82) is 0 Å². The molecule has 130 valence electrons. The van der Waals surface area contributed by atoms with Gasteiger partial charge in [0.05, 0.1) is 5.56 Å². The van der Waals surface area contributed by atoms with Crippen molar-refractivity contribution >= 4 is 22.6 Å². The summed E-state index contributed by atoms with van der Waals surface area (Å²) in [4.78, 5) is 24.6. The third-order valence-corrected chi connectivity index (χ3v) is 5.82. The smallest absolute Gasteiger partial charge is 0.336 e. The number of amides is 1. The SMILES string of the molecule is CC1CCC(NC(=O)c2ccc3c4c(ccc(C(=O)O)c24)CC3)CC1. The summed E-state index contributed by atoms with van der Waals surface area (Å²) in [6.45, 7) is 2.25. The van der Waals surface area contributed by atoms with Crippen LogP contribution in [0.4, 0.5) is 0 Å². The lowest BCUT2D eigenvalue weighted by Gasteiger charge is -2.27. The molecule has 0 saturated heterocycles. The lowest BCUT2D eigenvalue weighted by Crippen LogP contribution is -2.37. The number of carboxylic acid groups (broad SMARTS) is 1. The van der Waals surface area contributed by atoms with Crippen LogP contribution in [0.5, 0.6) is 0 Å². The lowest BCUT2D eigenvalue weighted by atomic mass is 9.87. The Bertz CT molecular complexity index is 853. The van der Waals surface area contributed by atoms with Crippen molar-refractivity contribution in [1.82, 2.24) is 5.32 Å². The van der Waals surface area contributed by atoms with Gasteiger partial charge in [-0.05, 0) is 73.1 Å². The second-order valence-corrected chi connectivity index (χ2v) is 7.53. The quantitative estimate of drug-likeness (QED) is 0.891. The van der Waals surface area contributed by atoms with E-state index in [9.17, 15) is 14.7 Å². The highest BCUT2D eigenvalue weighted by atomic mass is 16.4. The first kappa shape index (κ1) is 16.1. The van der Waals surface area contributed by atoms with Crippen molar-refractivity contribution < 1.29 is 14.7 Å². The Morgan fingerprint density at radius 3 is 2.12 bits per heavy atom. The van der Waals surface area contributed by atoms with E-state index in [1.807, 2.05) is 12.1 Å². The highest BCUT2D eigenvalue weighted by Crippen LogP contribution is 2.35. The molecule has 0 radical (unpaired) electrons. The number of hydrogen-bond acceptors (Lipinski definition) is 2. The van der Waals surface area contributed by atoms with Crippen LogP contribution in [0.1, 0.15) is 64.4 Å². The van der Waals surface area contributed by atoms with Gasteiger partial charge in [-0.1, -0.05) is 19.1 Å². The molecule has 4 heteroatoms. The number of rotatable bonds is 3. The monoisotopic (exact) mass is 337 g/mol. The topological polar surface area (TPSA) is 66.4 Å². The molecular weight excluding hydrogens is 314 g/mol. The first-order valence-electron chi connectivity index (χ1n) is 9.16. The first-order chi connectivity index (χ1) is 12.0. The van der Waals surface area contributed by atoms with Gasteiger partial charge in [0, 0.05) is 17.0 Å². The van der Waals surface area contributed by atoms with Crippen molar-refractivity contribution in [3.05, 3.63) is 46.5 Å². The van der Waals surface area contributed by atoms with E-state index in [0.717, 1.165) is 61.0 Å². The summed E-state index contributed by atoms with van der Waals surface area (Å²) in [6, 6.07) is 7.53. The number of carbonyl (C=O) groups is 2. The molecule has 0 heterocycles. The van der Waals surface area contributed by atoms with Crippen LogP contribution in [0.2, 0.25) is 0 Å². The van der Waals surface area contributed by atoms with E-state index in [0.29, 0.717) is 10.9 Å². The molecule has 2 aromatic carbocycles. The molecule has 4 rings (SSSR count). The van der Waals surface area contributed by atoms with Gasteiger partial charge in [-0.25, -0.2) is 4.79 Å². The second kappa shape index (κ2) is 6.17. The zero-order valence-electron chi connectivity index (χ0n) is 14.5. The molecule has 25 heavy (non-hydrogen) atoms. The normalized spacial score (nSPS) is 22.1. The Kier molecular flexibility index (Phi) is 3.98. The molecule has 2 N–H and O–H groups in total. The fourth-order valence-electron chi connectivity index (χ4n) is 4.36. The zero-order valence-corrected chi connectivity index (χ0v) is 14.5. The Labute approximate surface area is 147 Å². The van der Waals surface area contributed by atoms with Gasteiger partial charge in [0.1, 0.15) is 0 Å². The van der Waals surface area contributed by atoms with Gasteiger partial charge >= 0.3 is 5.97 Å². The number of carboxylic acids is 1. The van der Waals surface area contributed by atoms with E-state index in [-0.39, 0.29) is 17.5 Å². The summed E-state index contributed by atoms with van der Waals surface area (Å²) in [6.07, 6.45) is 6.10. The van der Waals surface area contributed by atoms with Crippen LogP contribution in [0.25, 0.3) is 10.8 Å². The standard InChI is InChI=1S/C21H23NO3/c1-12-2-8-15(9-3-12)22-20(23)16-10-6-13-4-5-14-7-11-17(21(24)25)19(16)18(13)14/h6-7,10-12,15H,2-5,8-9H2,1H3,(H,22,23)(H,24,25). The number of nitrogens with one attached hydrogen (secondary N) is 1. The largest absolute Gasteiger partial charge is 0.478 e. The summed E-state index contributed by atoms with van der Waals surface area (Å²) in [5, 5.41) is 14.3. The van der Waals surface area contributed by atoms with Crippen LogP contribution in [0.15, 0.2) is 24.3 Å². The maximum Gasteiger partial charge on any atom is 0.336 e. The molecule has 0 aromatic heterocycles. The van der Waals surface area contributed by atoms with Crippen LogP contribution in [0.3, 0.4) is 0 Å². The summed E-state index contributed by atoms with van der Waals surface area (Å²) in [5.74, 6) is -0.391. The maximum absolute atomic E-state index is 12.9. The fraction of sp³-hybridized carbons (Fsp3) is 0.429. The van der Waals surface area contributed by atoms with Gasteiger partial charge in [0.25, 0.3) is 5.91 Å². The van der Waals surface area contributed by atoms with Crippen molar-refractivity contribution in [2.24, 2.45) is 5.92 Å². The second-order valence-electron chi connectivity index (χ2n) is 7.53. The Balaban J connectivity index is 1.75. The first-order valence-corrected chi connectivity index (χ1v) is 9.16. The molecular formula is C21H23NO3. The predicted molar refractivity (Wildman–Crippen MR) is 97.2 cm³/mol. The van der Waals surface area contributed by atoms with Gasteiger partial charge < -0.3 is 10.4 Å². The molecule has 0 aliphatic heterocycles. The van der Waals surface area contributed by atoms with Crippen molar-refractivity contribution in [2.45, 2.75) is 51.5 Å². The summed E-state index contributed by atoms with van der Waals surface area (Å²) >= 11 is 0. The van der Waals surface area contributed by atoms with Crippen molar-refractivity contribution in [3.8, 4) is 0 Å². The highest BCUT2D eigenvalue weighted by Gasteiger charge is 2.26. The molecule has 1 amide bonds. The molecule has 0 atom stereocenters. The molecule has 1 fully saturated rings. The maximum atomic E-state index is 12.9. The van der Waals surface area contributed by atoms with Crippen LogP contribution in [-0.4, -0.2) is 23.0 Å². The van der Waals surface area contributed by atoms with Crippen molar-refractivity contribution in [2.75, 3.05) is 0 Å². The molecule has 2 aliphatic rings. The van der Waals surface area contributed by atoms with E-state index in [2.05, 4.69) is 12.2 Å². The van der Waals surface area contributed by atoms with Gasteiger partial charge in [-0.3, -0.25) is 4.79 Å². The third kappa shape index (κ3) is 2.80. The fourth-order valence-corrected chi connectivity index (χ4v) is 4.36. The minimum atomic E-state index is -0.976. The Hall–Kier alpha value is -2.36. The molecule has 2 aliphatic carbocycles. The molecule has 0 bridgehead atoms. The lowest BCUT2D eigenvalue weighted by molar-refractivity contribution is 0.0699. The van der Waals surface area contributed by atoms with Crippen LogP contribution >= 0.6 is 0 Å². The number of benzene rings is 2. The van der Waals surface area contributed by atoms with Crippen LogP contribution in [0, 0.1) is 5.92 Å². The summed E-state index contributed by atoms with van der Waals surface area (Å²) in [7, 11) is 0. The molecule has 1 saturated carbocycles. The van der Waals surface area contributed by atoms with Crippen molar-refractivity contribution in [3.63, 3.8) is 0 Å². The number of aryl methyl sites for hydroxylation is 2. The zero-order chi connectivity index (χ0) is 17.6. The average Bonchev–Trinajstić information content (AvgIpc) is 3.02. The molecule has 0 spiro atoms. The minimum absolute atomic E-state index is 0.141. The average molecular weight is 337 g/mol. The molecule has 4 nitrogen and oxygen atoms in total. The molecule has 2 aromatic rings. The van der Waals surface area contributed by atoms with Gasteiger partial charge in [0.2, 0.25) is 0 Å². The van der Waals surface area contributed by atoms with E-state index >= 15 is 0 Å². The number of aromatic carboxylic acids is 1. The van der Waals surface area contributed by atoms with Crippen LogP contribution < -0.4 is 5.32 Å². The van der Waals surface area contributed by atoms with Crippen LogP contribution in [-0.2, 0) is 12.8 Å². The van der Waals surface area contributed by atoms with E-state index in [1.54, 1.807) is 12.1 Å². The van der Waals surface area contributed by atoms with Gasteiger partial charge in [-0.15, -0.1) is 0 Å². The third-order valence-electron chi connectivity index (χ3n) is 5.82. The van der Waals surface area contributed by atoms with E-state index in [1.165, 1.54) is 0 Å². The summed E-state index contributed by atoms with van der Waals surface area (Å²) < 4.78 is 0.